The van der Waals surface area contributed by atoms with Gasteiger partial charge in [0.15, 0.2) is 0 Å². The zero-order chi connectivity index (χ0) is 16.2. The van der Waals surface area contributed by atoms with E-state index in [1.54, 1.807) is 0 Å². The van der Waals surface area contributed by atoms with Crippen LogP contribution >= 0.6 is 0 Å². The Bertz CT molecular complexity index is 470. The molecule has 0 bridgehead atoms. The van der Waals surface area contributed by atoms with Gasteiger partial charge in [-0.15, -0.1) is 0 Å². The quantitative estimate of drug-likeness (QED) is 0.922. The van der Waals surface area contributed by atoms with Gasteiger partial charge in [-0.1, -0.05) is 37.3 Å². The van der Waals surface area contributed by atoms with Gasteiger partial charge in [-0.3, -0.25) is 9.69 Å². The minimum Gasteiger partial charge on any atom is -0.353 e. The van der Waals surface area contributed by atoms with Crippen molar-refractivity contribution >= 4 is 5.91 Å². The zero-order valence-corrected chi connectivity index (χ0v) is 14.4. The summed E-state index contributed by atoms with van der Waals surface area (Å²) in [5.41, 5.74) is 1.47. The van der Waals surface area contributed by atoms with Crippen molar-refractivity contribution < 1.29 is 4.79 Å². The highest BCUT2D eigenvalue weighted by Crippen LogP contribution is 2.21. The summed E-state index contributed by atoms with van der Waals surface area (Å²) < 4.78 is 0. The average molecular weight is 302 g/mol. The van der Waals surface area contributed by atoms with Gasteiger partial charge < -0.3 is 5.32 Å². The summed E-state index contributed by atoms with van der Waals surface area (Å²) in [4.78, 5) is 14.8. The number of amides is 1. The Balaban J connectivity index is 1.77. The molecule has 3 nitrogen and oxygen atoms in total. The number of nitrogens with one attached hydrogen (secondary N) is 1. The lowest BCUT2D eigenvalue weighted by atomic mass is 9.96. The van der Waals surface area contributed by atoms with Crippen LogP contribution in [0.2, 0.25) is 0 Å². The Morgan fingerprint density at radius 1 is 1.23 bits per heavy atom. The van der Waals surface area contributed by atoms with Crippen molar-refractivity contribution in [2.75, 3.05) is 13.1 Å². The van der Waals surface area contributed by atoms with E-state index in [0.29, 0.717) is 12.5 Å². The molecule has 1 N–H and O–H groups in total. The van der Waals surface area contributed by atoms with E-state index in [0.717, 1.165) is 25.9 Å². The first-order valence-corrected chi connectivity index (χ1v) is 8.45. The second-order valence-electron chi connectivity index (χ2n) is 7.52. The van der Waals surface area contributed by atoms with Crippen LogP contribution in [0.3, 0.4) is 0 Å². The van der Waals surface area contributed by atoms with E-state index in [-0.39, 0.29) is 17.4 Å². The summed E-state index contributed by atoms with van der Waals surface area (Å²) in [7, 11) is 0. The SMILES string of the molecule is CC(CC(=O)NC1CCN(C(C)(C)C)CC1)c1ccccc1. The molecule has 1 atom stereocenters. The molecule has 0 saturated carbocycles. The molecule has 122 valence electrons. The lowest BCUT2D eigenvalue weighted by Gasteiger charge is -2.41. The lowest BCUT2D eigenvalue weighted by Crippen LogP contribution is -2.50. The molecule has 0 spiro atoms. The number of nitrogens with zero attached hydrogens (tertiary/aromatic N) is 1. The van der Waals surface area contributed by atoms with Crippen LogP contribution in [-0.4, -0.2) is 35.5 Å². The number of hydrogen-bond donors (Lipinski definition) is 1. The minimum absolute atomic E-state index is 0.186. The van der Waals surface area contributed by atoms with Gasteiger partial charge in [0.2, 0.25) is 5.91 Å². The van der Waals surface area contributed by atoms with Gasteiger partial charge in [-0.2, -0.15) is 0 Å². The molecule has 1 fully saturated rings. The van der Waals surface area contributed by atoms with Crippen molar-refractivity contribution in [2.24, 2.45) is 0 Å². The summed E-state index contributed by atoms with van der Waals surface area (Å²) in [5, 5.41) is 3.23. The Kier molecular flexibility index (Phi) is 5.63. The van der Waals surface area contributed by atoms with Gasteiger partial charge in [0.25, 0.3) is 0 Å². The molecule has 0 aliphatic carbocycles. The maximum atomic E-state index is 12.2. The second-order valence-corrected chi connectivity index (χ2v) is 7.52. The Labute approximate surface area is 135 Å². The number of carbonyl (C=O) groups excluding carboxylic acids is 1. The van der Waals surface area contributed by atoms with E-state index in [1.807, 2.05) is 18.2 Å². The first-order valence-electron chi connectivity index (χ1n) is 8.45. The summed E-state index contributed by atoms with van der Waals surface area (Å²) in [6, 6.07) is 10.6. The van der Waals surface area contributed by atoms with Crippen LogP contribution in [-0.2, 0) is 4.79 Å². The molecule has 1 aliphatic heterocycles. The van der Waals surface area contributed by atoms with Crippen molar-refractivity contribution in [3.63, 3.8) is 0 Å². The molecule has 3 heteroatoms. The molecule has 1 amide bonds. The predicted octanol–water partition coefficient (Wildman–Crippen LogP) is 3.56. The van der Waals surface area contributed by atoms with E-state index in [1.165, 1.54) is 5.56 Å². The molecule has 2 rings (SSSR count). The molecule has 1 saturated heterocycles. The van der Waals surface area contributed by atoms with Gasteiger partial charge in [0, 0.05) is 31.1 Å². The molecule has 1 aromatic carbocycles. The molecular weight excluding hydrogens is 272 g/mol. The third-order valence-corrected chi connectivity index (χ3v) is 4.67. The van der Waals surface area contributed by atoms with Crippen molar-refractivity contribution in [2.45, 2.75) is 64.5 Å². The summed E-state index contributed by atoms with van der Waals surface area (Å²) in [5.74, 6) is 0.460. The Morgan fingerprint density at radius 2 is 1.82 bits per heavy atom. The third-order valence-electron chi connectivity index (χ3n) is 4.67. The monoisotopic (exact) mass is 302 g/mol. The largest absolute Gasteiger partial charge is 0.353 e. The fourth-order valence-electron chi connectivity index (χ4n) is 3.16. The standard InChI is InChI=1S/C19H30N2O/c1-15(16-8-6-5-7-9-16)14-18(22)20-17-10-12-21(13-11-17)19(2,3)4/h5-9,15,17H,10-14H2,1-4H3,(H,20,22). The topological polar surface area (TPSA) is 32.3 Å². The summed E-state index contributed by atoms with van der Waals surface area (Å²) in [6.07, 6.45) is 2.69. The van der Waals surface area contributed by atoms with Gasteiger partial charge in [-0.25, -0.2) is 0 Å². The van der Waals surface area contributed by atoms with E-state index in [2.05, 4.69) is 50.0 Å². The highest BCUT2D eigenvalue weighted by molar-refractivity contribution is 5.77. The first-order chi connectivity index (χ1) is 10.4. The summed E-state index contributed by atoms with van der Waals surface area (Å²) in [6.45, 7) is 11.0. The molecule has 22 heavy (non-hydrogen) atoms. The van der Waals surface area contributed by atoms with E-state index >= 15 is 0 Å². The third kappa shape index (κ3) is 4.84. The number of likely N-dealkylation sites (tertiary alicyclic amines) is 1. The molecule has 1 aliphatic rings. The summed E-state index contributed by atoms with van der Waals surface area (Å²) >= 11 is 0. The fourth-order valence-corrected chi connectivity index (χ4v) is 3.16. The molecule has 1 heterocycles. The van der Waals surface area contributed by atoms with Gasteiger partial charge >= 0.3 is 0 Å². The zero-order valence-electron chi connectivity index (χ0n) is 14.4. The van der Waals surface area contributed by atoms with Gasteiger partial charge in [0.1, 0.15) is 0 Å². The van der Waals surface area contributed by atoms with Gasteiger partial charge in [-0.05, 0) is 45.1 Å². The Morgan fingerprint density at radius 3 is 2.36 bits per heavy atom. The minimum atomic E-state index is 0.186. The van der Waals surface area contributed by atoms with Crippen LogP contribution in [0.5, 0.6) is 0 Å². The molecule has 1 aromatic rings. The van der Waals surface area contributed by atoms with E-state index < -0.39 is 0 Å². The van der Waals surface area contributed by atoms with Crippen LogP contribution in [0.4, 0.5) is 0 Å². The van der Waals surface area contributed by atoms with E-state index in [4.69, 9.17) is 0 Å². The molecule has 1 unspecified atom stereocenters. The van der Waals surface area contributed by atoms with Gasteiger partial charge in [0.05, 0.1) is 0 Å². The number of rotatable bonds is 4. The first kappa shape index (κ1) is 17.0. The number of hydrogen-bond acceptors (Lipinski definition) is 2. The Hall–Kier alpha value is -1.35. The molecule has 0 aromatic heterocycles. The maximum absolute atomic E-state index is 12.2. The van der Waals surface area contributed by atoms with E-state index in [9.17, 15) is 4.79 Å². The maximum Gasteiger partial charge on any atom is 0.220 e. The second kappa shape index (κ2) is 7.28. The van der Waals surface area contributed by atoms with Crippen molar-refractivity contribution in [3.8, 4) is 0 Å². The van der Waals surface area contributed by atoms with Crippen LogP contribution in [0, 0.1) is 0 Å². The highest BCUT2D eigenvalue weighted by Gasteiger charge is 2.27. The van der Waals surface area contributed by atoms with Crippen molar-refractivity contribution in [1.29, 1.82) is 0 Å². The molecular formula is C19H30N2O. The van der Waals surface area contributed by atoms with Crippen LogP contribution in [0.1, 0.15) is 58.4 Å². The van der Waals surface area contributed by atoms with Crippen LogP contribution in [0.25, 0.3) is 0 Å². The molecule has 0 radical (unpaired) electrons. The van der Waals surface area contributed by atoms with Crippen LogP contribution < -0.4 is 5.32 Å². The number of piperidine rings is 1. The fraction of sp³-hybridized carbons (Fsp3) is 0.632. The average Bonchev–Trinajstić information content (AvgIpc) is 2.47. The predicted molar refractivity (Wildman–Crippen MR) is 92.0 cm³/mol. The van der Waals surface area contributed by atoms with Crippen molar-refractivity contribution in [3.05, 3.63) is 35.9 Å². The number of carbonyl (C=O) groups is 1. The lowest BCUT2D eigenvalue weighted by molar-refractivity contribution is -0.122. The normalized spacial score (nSPS) is 18.9. The van der Waals surface area contributed by atoms with Crippen molar-refractivity contribution in [1.82, 2.24) is 10.2 Å². The number of benzene rings is 1. The van der Waals surface area contributed by atoms with Crippen LogP contribution in [0.15, 0.2) is 30.3 Å². The smallest absolute Gasteiger partial charge is 0.220 e. The highest BCUT2D eigenvalue weighted by atomic mass is 16.1.